The summed E-state index contributed by atoms with van der Waals surface area (Å²) < 4.78 is 37.3. The van der Waals surface area contributed by atoms with Crippen LogP contribution in [0.15, 0.2) is 58.3 Å². The van der Waals surface area contributed by atoms with Crippen molar-refractivity contribution in [2.24, 2.45) is 0 Å². The van der Waals surface area contributed by atoms with E-state index in [9.17, 15) is 18.0 Å². The number of carbonyl (C=O) groups is 2. The Bertz CT molecular complexity index is 1140. The first-order valence-electron chi connectivity index (χ1n) is 13.3. The Hall–Kier alpha value is -2.83. The largest absolute Gasteiger partial charge is 0.378 e. The summed E-state index contributed by atoms with van der Waals surface area (Å²) in [5.41, 5.74) is 1.05. The molecule has 0 saturated carbocycles. The average Bonchev–Trinajstić information content (AvgIpc) is 2.89. The number of nitrogens with zero attached hydrogens (tertiary/aromatic N) is 2. The second-order valence-corrected chi connectivity index (χ2v) is 12.4. The summed E-state index contributed by atoms with van der Waals surface area (Å²) in [5.74, 6) is -0.331. The molecule has 0 bridgehead atoms. The fourth-order valence-electron chi connectivity index (χ4n) is 5.00. The highest BCUT2D eigenvalue weighted by Crippen LogP contribution is 2.24. The number of benzene rings is 2. The highest BCUT2D eigenvalue weighted by Gasteiger charge is 2.28. The standard InChI is InChI=1S/C28H38N4O6S/c1-19-15-37-16-20(2)31(19)13-27(33)29-23-5-9-25(10-6-23)39(35,36)26-11-7-24(8-12-26)30-28(34)14-32-21(3)17-38-18-22(32)4/h5-12,19-22H,13-18H2,1-4H3,(H,29,33)(H,30,34)/t19-,20+,21-,22+. The number of sulfone groups is 1. The highest BCUT2D eigenvalue weighted by atomic mass is 32.2. The van der Waals surface area contributed by atoms with Crippen LogP contribution in [0.3, 0.4) is 0 Å². The molecule has 2 N–H and O–H groups in total. The van der Waals surface area contributed by atoms with Crippen LogP contribution in [-0.2, 0) is 28.9 Å². The van der Waals surface area contributed by atoms with Crippen molar-refractivity contribution in [1.29, 1.82) is 0 Å². The summed E-state index contributed by atoms with van der Waals surface area (Å²) in [6.07, 6.45) is 0. The third-order valence-corrected chi connectivity index (χ3v) is 9.04. The molecule has 39 heavy (non-hydrogen) atoms. The molecule has 2 aliphatic rings. The van der Waals surface area contributed by atoms with E-state index in [4.69, 9.17) is 9.47 Å². The first-order chi connectivity index (χ1) is 18.5. The van der Waals surface area contributed by atoms with Crippen molar-refractivity contribution in [3.8, 4) is 0 Å². The van der Waals surface area contributed by atoms with Crippen LogP contribution in [-0.4, -0.2) is 93.7 Å². The number of amides is 2. The van der Waals surface area contributed by atoms with Crippen LogP contribution in [0.2, 0.25) is 0 Å². The molecule has 4 atom stereocenters. The summed E-state index contributed by atoms with van der Waals surface area (Å²) in [5, 5.41) is 5.68. The molecule has 212 valence electrons. The molecule has 2 saturated heterocycles. The molecule has 0 radical (unpaired) electrons. The topological polar surface area (TPSA) is 117 Å². The van der Waals surface area contributed by atoms with Crippen molar-refractivity contribution in [2.45, 2.75) is 61.7 Å². The van der Waals surface area contributed by atoms with Gasteiger partial charge in [-0.25, -0.2) is 8.42 Å². The van der Waals surface area contributed by atoms with Crippen LogP contribution in [0.4, 0.5) is 11.4 Å². The van der Waals surface area contributed by atoms with E-state index in [0.717, 1.165) is 0 Å². The van der Waals surface area contributed by atoms with E-state index in [1.807, 2.05) is 27.7 Å². The molecule has 10 nitrogen and oxygen atoms in total. The van der Waals surface area contributed by atoms with Gasteiger partial charge in [0, 0.05) is 35.5 Å². The van der Waals surface area contributed by atoms with E-state index >= 15 is 0 Å². The minimum Gasteiger partial charge on any atom is -0.378 e. The smallest absolute Gasteiger partial charge is 0.238 e. The molecule has 4 rings (SSSR count). The maximum atomic E-state index is 13.2. The number of nitrogens with one attached hydrogen (secondary N) is 2. The quantitative estimate of drug-likeness (QED) is 0.508. The Balaban J connectivity index is 1.34. The molecular formula is C28H38N4O6S. The number of ether oxygens (including phenoxy) is 2. The third kappa shape index (κ3) is 7.23. The van der Waals surface area contributed by atoms with E-state index in [1.165, 1.54) is 24.3 Å². The van der Waals surface area contributed by atoms with Gasteiger partial charge in [0.05, 0.1) is 49.3 Å². The lowest BCUT2D eigenvalue weighted by Crippen LogP contribution is -2.52. The van der Waals surface area contributed by atoms with Crippen molar-refractivity contribution < 1.29 is 27.5 Å². The van der Waals surface area contributed by atoms with E-state index in [0.29, 0.717) is 37.8 Å². The zero-order chi connectivity index (χ0) is 28.2. The van der Waals surface area contributed by atoms with Crippen LogP contribution in [0.1, 0.15) is 27.7 Å². The molecule has 0 aromatic heterocycles. The predicted molar refractivity (Wildman–Crippen MR) is 148 cm³/mol. The monoisotopic (exact) mass is 558 g/mol. The van der Waals surface area contributed by atoms with Gasteiger partial charge in [0.15, 0.2) is 0 Å². The molecule has 0 unspecified atom stereocenters. The Morgan fingerprint density at radius 3 is 1.28 bits per heavy atom. The molecule has 2 amide bonds. The zero-order valence-corrected chi connectivity index (χ0v) is 23.7. The van der Waals surface area contributed by atoms with Gasteiger partial charge in [-0.15, -0.1) is 0 Å². The van der Waals surface area contributed by atoms with Gasteiger partial charge in [0.1, 0.15) is 0 Å². The number of hydrogen-bond donors (Lipinski definition) is 2. The Labute approximate surface area is 230 Å². The first-order valence-corrected chi connectivity index (χ1v) is 14.7. The van der Waals surface area contributed by atoms with Crippen molar-refractivity contribution >= 4 is 33.0 Å². The number of morpholine rings is 2. The lowest BCUT2D eigenvalue weighted by molar-refractivity contribution is -0.122. The second kappa shape index (κ2) is 12.6. The van der Waals surface area contributed by atoms with Crippen LogP contribution in [0.25, 0.3) is 0 Å². The van der Waals surface area contributed by atoms with Gasteiger partial charge in [-0.3, -0.25) is 19.4 Å². The predicted octanol–water partition coefficient (Wildman–Crippen LogP) is 2.61. The zero-order valence-electron chi connectivity index (χ0n) is 22.9. The van der Waals surface area contributed by atoms with Gasteiger partial charge >= 0.3 is 0 Å². The van der Waals surface area contributed by atoms with Gasteiger partial charge in [-0.1, -0.05) is 0 Å². The van der Waals surface area contributed by atoms with Crippen LogP contribution >= 0.6 is 0 Å². The van der Waals surface area contributed by atoms with Gasteiger partial charge < -0.3 is 20.1 Å². The lowest BCUT2D eigenvalue weighted by Gasteiger charge is -2.38. The molecule has 0 spiro atoms. The minimum absolute atomic E-state index is 0.114. The third-order valence-electron chi connectivity index (χ3n) is 7.25. The number of hydrogen-bond acceptors (Lipinski definition) is 8. The van der Waals surface area contributed by atoms with E-state index in [1.54, 1.807) is 24.3 Å². The van der Waals surface area contributed by atoms with Crippen molar-refractivity contribution in [1.82, 2.24) is 9.80 Å². The van der Waals surface area contributed by atoms with Crippen molar-refractivity contribution in [3.63, 3.8) is 0 Å². The SMILES string of the molecule is C[C@@H]1COC[C@H](C)N1CC(=O)Nc1ccc(S(=O)(=O)c2ccc(NC(=O)CN3[C@H](C)COC[C@@H]3C)cc2)cc1. The summed E-state index contributed by atoms with van der Waals surface area (Å²) in [7, 11) is -3.77. The summed E-state index contributed by atoms with van der Waals surface area (Å²) in [4.78, 5) is 29.6. The van der Waals surface area contributed by atoms with Gasteiger partial charge in [0.25, 0.3) is 0 Å². The fraction of sp³-hybridized carbons (Fsp3) is 0.500. The van der Waals surface area contributed by atoms with Gasteiger partial charge in [-0.05, 0) is 76.2 Å². The molecule has 11 heteroatoms. The fourth-order valence-corrected chi connectivity index (χ4v) is 6.26. The maximum absolute atomic E-state index is 13.2. The Kier molecular flexibility index (Phi) is 9.39. The molecule has 2 fully saturated rings. The molecule has 2 aliphatic heterocycles. The van der Waals surface area contributed by atoms with Crippen LogP contribution < -0.4 is 10.6 Å². The first kappa shape index (κ1) is 29.2. The number of anilines is 2. The summed E-state index contributed by atoms with van der Waals surface area (Å²) in [6, 6.07) is 12.8. The number of carbonyl (C=O) groups excluding carboxylic acids is 2. The van der Waals surface area contributed by atoms with E-state index in [-0.39, 0.29) is 58.9 Å². The molecule has 2 aromatic rings. The van der Waals surface area contributed by atoms with Crippen molar-refractivity contribution in [3.05, 3.63) is 48.5 Å². The summed E-state index contributed by atoms with van der Waals surface area (Å²) in [6.45, 7) is 10.9. The Morgan fingerprint density at radius 2 is 0.974 bits per heavy atom. The van der Waals surface area contributed by atoms with E-state index in [2.05, 4.69) is 20.4 Å². The maximum Gasteiger partial charge on any atom is 0.238 e. The molecule has 2 heterocycles. The molecule has 2 aromatic carbocycles. The van der Waals surface area contributed by atoms with Gasteiger partial charge in [0.2, 0.25) is 21.7 Å². The molecule has 0 aliphatic carbocycles. The van der Waals surface area contributed by atoms with Crippen LogP contribution in [0, 0.1) is 0 Å². The normalized spacial score (nSPS) is 24.7. The molecular weight excluding hydrogens is 520 g/mol. The van der Waals surface area contributed by atoms with Gasteiger partial charge in [-0.2, -0.15) is 0 Å². The number of rotatable bonds is 8. The summed E-state index contributed by atoms with van der Waals surface area (Å²) >= 11 is 0. The highest BCUT2D eigenvalue weighted by molar-refractivity contribution is 7.91. The van der Waals surface area contributed by atoms with E-state index < -0.39 is 9.84 Å². The lowest BCUT2D eigenvalue weighted by atomic mass is 10.1. The average molecular weight is 559 g/mol. The Morgan fingerprint density at radius 1 is 0.667 bits per heavy atom. The second-order valence-electron chi connectivity index (χ2n) is 10.5. The van der Waals surface area contributed by atoms with Crippen molar-refractivity contribution in [2.75, 3.05) is 50.2 Å². The van der Waals surface area contributed by atoms with Crippen LogP contribution in [0.5, 0.6) is 0 Å². The minimum atomic E-state index is -3.77.